The molecule has 0 unspecified atom stereocenters. The van der Waals surface area contributed by atoms with Crippen LogP contribution in [0.15, 0.2) is 35.3 Å². The van der Waals surface area contributed by atoms with Crippen LogP contribution >= 0.6 is 0 Å². The number of ketones is 1. The van der Waals surface area contributed by atoms with Crippen LogP contribution in [0.2, 0.25) is 0 Å². The molecule has 2 rings (SSSR count). The largest absolute Gasteiger partial charge is 0.372 e. The zero-order valence-electron chi connectivity index (χ0n) is 19.1. The fourth-order valence-electron chi connectivity index (χ4n) is 3.71. The summed E-state index contributed by atoms with van der Waals surface area (Å²) in [4.78, 5) is 17.4. The van der Waals surface area contributed by atoms with Crippen LogP contribution in [0.5, 0.6) is 0 Å². The van der Waals surface area contributed by atoms with Crippen LogP contribution in [0.3, 0.4) is 0 Å². The number of ether oxygens (including phenoxy) is 1. The van der Waals surface area contributed by atoms with Crippen molar-refractivity contribution >= 4 is 11.5 Å². The van der Waals surface area contributed by atoms with Crippen molar-refractivity contribution in [3.63, 3.8) is 0 Å². The Bertz CT molecular complexity index is 915. The molecule has 0 atom stereocenters. The molecule has 2 aromatic carbocycles. The molecule has 0 radical (unpaired) electrons. The van der Waals surface area contributed by atoms with Crippen molar-refractivity contribution < 1.29 is 13.9 Å². The molecule has 30 heavy (non-hydrogen) atoms. The van der Waals surface area contributed by atoms with Gasteiger partial charge >= 0.3 is 0 Å². The van der Waals surface area contributed by atoms with Crippen LogP contribution in [0, 0.1) is 19.7 Å². The second-order valence-corrected chi connectivity index (χ2v) is 8.06. The Labute approximate surface area is 180 Å². The first-order valence-corrected chi connectivity index (χ1v) is 10.8. The number of hydrogen-bond acceptors (Lipinski definition) is 3. The minimum atomic E-state index is -0.204. The first-order chi connectivity index (χ1) is 14.3. The number of nitrogens with zero attached hydrogens (tertiary/aromatic N) is 1. The lowest BCUT2D eigenvalue weighted by atomic mass is 9.92. The van der Waals surface area contributed by atoms with E-state index in [-0.39, 0.29) is 17.7 Å². The van der Waals surface area contributed by atoms with E-state index in [0.29, 0.717) is 13.0 Å². The molecular weight excluding hydrogens is 377 g/mol. The molecule has 162 valence electrons. The van der Waals surface area contributed by atoms with Crippen LogP contribution in [-0.2, 0) is 17.6 Å². The highest BCUT2D eigenvalue weighted by Gasteiger charge is 2.16. The van der Waals surface area contributed by atoms with Crippen molar-refractivity contribution in [3.8, 4) is 0 Å². The van der Waals surface area contributed by atoms with Gasteiger partial charge in [0.2, 0.25) is 0 Å². The maximum absolute atomic E-state index is 13.4. The molecule has 2 aromatic rings. The van der Waals surface area contributed by atoms with Crippen LogP contribution < -0.4 is 0 Å². The third-order valence-corrected chi connectivity index (χ3v) is 5.41. The molecule has 0 N–H and O–H groups in total. The Morgan fingerprint density at radius 1 is 1.07 bits per heavy atom. The van der Waals surface area contributed by atoms with Gasteiger partial charge in [-0.1, -0.05) is 19.1 Å². The minimum Gasteiger partial charge on any atom is -0.372 e. The van der Waals surface area contributed by atoms with Crippen LogP contribution in [0.25, 0.3) is 0 Å². The number of hydrogen-bond donors (Lipinski definition) is 0. The Hall–Kier alpha value is -2.33. The van der Waals surface area contributed by atoms with Gasteiger partial charge in [-0.05, 0) is 87.4 Å². The Balaban J connectivity index is 2.13. The molecule has 0 aliphatic heterocycles. The maximum Gasteiger partial charge on any atom is 0.163 e. The summed E-state index contributed by atoms with van der Waals surface area (Å²) in [6.07, 6.45) is 2.89. The topological polar surface area (TPSA) is 38.7 Å². The minimum absolute atomic E-state index is 0.119. The summed E-state index contributed by atoms with van der Waals surface area (Å²) < 4.78 is 19.2. The summed E-state index contributed by atoms with van der Waals surface area (Å²) in [5.41, 5.74) is 6.79. The zero-order chi connectivity index (χ0) is 22.3. The van der Waals surface area contributed by atoms with Crippen molar-refractivity contribution in [1.82, 2.24) is 0 Å². The first-order valence-electron chi connectivity index (χ1n) is 10.8. The number of aliphatic imine (C=N–C) groups is 1. The van der Waals surface area contributed by atoms with E-state index in [9.17, 15) is 9.18 Å². The highest BCUT2D eigenvalue weighted by Crippen LogP contribution is 2.21. The zero-order valence-corrected chi connectivity index (χ0v) is 19.1. The van der Waals surface area contributed by atoms with Crippen molar-refractivity contribution in [2.75, 3.05) is 13.7 Å². The molecule has 0 saturated carbocycles. The smallest absolute Gasteiger partial charge is 0.163 e. The number of Topliss-reactive ketones (excluding diaryl/α,β-unsaturated/α-hetero) is 1. The molecule has 0 aliphatic carbocycles. The van der Waals surface area contributed by atoms with E-state index in [1.165, 1.54) is 6.07 Å². The lowest BCUT2D eigenvalue weighted by Gasteiger charge is -2.15. The van der Waals surface area contributed by atoms with Gasteiger partial charge in [0.1, 0.15) is 5.82 Å². The van der Waals surface area contributed by atoms with Crippen LogP contribution in [0.4, 0.5) is 4.39 Å². The quantitative estimate of drug-likeness (QED) is 0.352. The van der Waals surface area contributed by atoms with Crippen molar-refractivity contribution in [2.24, 2.45) is 4.99 Å². The molecule has 0 spiro atoms. The molecule has 3 nitrogen and oxygen atoms in total. The number of aryl methyl sites for hydroxylation is 4. The fraction of sp³-hybridized carbons (Fsp3) is 0.462. The summed E-state index contributed by atoms with van der Waals surface area (Å²) in [6, 6.07) is 8.95. The van der Waals surface area contributed by atoms with Crippen LogP contribution in [0.1, 0.15) is 71.8 Å². The average Bonchev–Trinajstić information content (AvgIpc) is 2.70. The monoisotopic (exact) mass is 411 g/mol. The third kappa shape index (κ3) is 6.33. The molecule has 0 aromatic heterocycles. The predicted molar refractivity (Wildman–Crippen MR) is 123 cm³/mol. The van der Waals surface area contributed by atoms with Crippen LogP contribution in [-0.4, -0.2) is 31.3 Å². The Morgan fingerprint density at radius 2 is 1.77 bits per heavy atom. The molecule has 0 amide bonds. The standard InChI is InChI=1S/C26H34FNO2/c1-7-20-14-22(27)12-11-21(20)9-8-10-26(29)24-15-23(18(4)13-19(24)5)25(28-6)16-30-17(2)3/h11-15,17H,7-10,16H2,1-6H3. The number of benzene rings is 2. The van der Waals surface area contributed by atoms with E-state index in [1.54, 1.807) is 13.1 Å². The summed E-state index contributed by atoms with van der Waals surface area (Å²) in [5.74, 6) is -0.0709. The van der Waals surface area contributed by atoms with Gasteiger partial charge in [0.05, 0.1) is 18.4 Å². The van der Waals surface area contributed by atoms with E-state index < -0.39 is 0 Å². The summed E-state index contributed by atoms with van der Waals surface area (Å²) >= 11 is 0. The second kappa shape index (κ2) is 11.2. The molecule has 0 heterocycles. The average molecular weight is 412 g/mol. The molecule has 0 saturated heterocycles. The molecular formula is C26H34FNO2. The highest BCUT2D eigenvalue weighted by molar-refractivity contribution is 6.06. The third-order valence-electron chi connectivity index (χ3n) is 5.41. The van der Waals surface area contributed by atoms with E-state index in [2.05, 4.69) is 11.1 Å². The first kappa shape index (κ1) is 23.9. The lowest BCUT2D eigenvalue weighted by molar-refractivity contribution is 0.0979. The highest BCUT2D eigenvalue weighted by atomic mass is 19.1. The second-order valence-electron chi connectivity index (χ2n) is 8.06. The van der Waals surface area contributed by atoms with Gasteiger partial charge in [0.15, 0.2) is 5.78 Å². The van der Waals surface area contributed by atoms with E-state index in [0.717, 1.165) is 58.4 Å². The predicted octanol–water partition coefficient (Wildman–Crippen LogP) is 6.05. The number of rotatable bonds is 10. The van der Waals surface area contributed by atoms with Gasteiger partial charge in [0, 0.05) is 24.6 Å². The lowest BCUT2D eigenvalue weighted by Crippen LogP contribution is -2.17. The Kier molecular flexibility index (Phi) is 8.91. The maximum atomic E-state index is 13.4. The van der Waals surface area contributed by atoms with Crippen molar-refractivity contribution in [3.05, 3.63) is 69.5 Å². The normalized spacial score (nSPS) is 11.9. The summed E-state index contributed by atoms with van der Waals surface area (Å²) in [7, 11) is 1.76. The number of carbonyl (C=O) groups is 1. The SMILES string of the molecule is CCc1cc(F)ccc1CCCC(=O)c1cc(C(COC(C)C)=NC)c(C)cc1C. The molecule has 4 heteroatoms. The van der Waals surface area contributed by atoms with Gasteiger partial charge in [0.25, 0.3) is 0 Å². The number of halogens is 1. The summed E-state index contributed by atoms with van der Waals surface area (Å²) in [5, 5.41) is 0. The van der Waals surface area contributed by atoms with E-state index >= 15 is 0 Å². The van der Waals surface area contributed by atoms with Gasteiger partial charge in [-0.25, -0.2) is 4.39 Å². The van der Waals surface area contributed by atoms with Gasteiger partial charge in [-0.15, -0.1) is 0 Å². The van der Waals surface area contributed by atoms with E-state index in [4.69, 9.17) is 4.74 Å². The summed E-state index contributed by atoms with van der Waals surface area (Å²) in [6.45, 7) is 10.5. The molecule has 0 fully saturated rings. The van der Waals surface area contributed by atoms with Gasteiger partial charge in [-0.3, -0.25) is 9.79 Å². The van der Waals surface area contributed by atoms with Crippen molar-refractivity contribution in [2.45, 2.75) is 66.4 Å². The Morgan fingerprint density at radius 3 is 2.40 bits per heavy atom. The van der Waals surface area contributed by atoms with Gasteiger partial charge < -0.3 is 4.74 Å². The van der Waals surface area contributed by atoms with E-state index in [1.807, 2.05) is 46.8 Å². The van der Waals surface area contributed by atoms with Gasteiger partial charge in [-0.2, -0.15) is 0 Å². The van der Waals surface area contributed by atoms with Crippen molar-refractivity contribution in [1.29, 1.82) is 0 Å². The molecule has 0 aliphatic rings. The number of carbonyl (C=O) groups excluding carboxylic acids is 1. The molecule has 0 bridgehead atoms. The fourth-order valence-corrected chi connectivity index (χ4v) is 3.71.